The Morgan fingerprint density at radius 1 is 0.976 bits per heavy atom. The molecule has 12 nitrogen and oxygen atoms in total. The van der Waals surface area contributed by atoms with Crippen LogP contribution in [0.5, 0.6) is 17.2 Å². The zero-order chi connectivity index (χ0) is 29.5. The number of barbiturate groups is 1. The smallest absolute Gasteiger partial charge is 0.336 e. The van der Waals surface area contributed by atoms with E-state index < -0.39 is 28.7 Å². The first-order valence-corrected chi connectivity index (χ1v) is 12.2. The Bertz CT molecular complexity index is 1610. The summed E-state index contributed by atoms with van der Waals surface area (Å²) in [5.74, 6) is -2.03. The molecule has 0 saturated carbocycles. The number of nitrogens with zero attached hydrogens (tertiary/aromatic N) is 2. The van der Waals surface area contributed by atoms with Gasteiger partial charge >= 0.3 is 12.0 Å². The number of methoxy groups -OCH3 is 1. The van der Waals surface area contributed by atoms with Crippen molar-refractivity contribution in [1.29, 1.82) is 0 Å². The highest BCUT2D eigenvalue weighted by Crippen LogP contribution is 2.33. The van der Waals surface area contributed by atoms with Crippen molar-refractivity contribution < 1.29 is 38.3 Å². The van der Waals surface area contributed by atoms with E-state index in [2.05, 4.69) is 5.32 Å². The monoisotopic (exact) mass is 557 g/mol. The molecule has 1 fully saturated rings. The minimum absolute atomic E-state index is 0.0629. The van der Waals surface area contributed by atoms with Crippen LogP contribution in [0.15, 0.2) is 78.4 Å². The van der Waals surface area contributed by atoms with Crippen molar-refractivity contribution in [2.24, 2.45) is 0 Å². The second-order valence-electron chi connectivity index (χ2n) is 8.38. The number of rotatable bonds is 9. The third-order valence-corrected chi connectivity index (χ3v) is 5.71. The summed E-state index contributed by atoms with van der Waals surface area (Å²) < 4.78 is 16.2. The highest BCUT2D eigenvalue weighted by atomic mass is 16.6. The van der Waals surface area contributed by atoms with Crippen molar-refractivity contribution in [3.63, 3.8) is 0 Å². The normalized spacial score (nSPS) is 14.2. The Morgan fingerprint density at radius 3 is 2.49 bits per heavy atom. The van der Waals surface area contributed by atoms with Crippen molar-refractivity contribution in [2.45, 2.75) is 6.92 Å². The number of carbonyl (C=O) groups is 4. The molecule has 4 amide bonds. The van der Waals surface area contributed by atoms with Crippen LogP contribution < -0.4 is 24.4 Å². The molecule has 1 heterocycles. The number of benzene rings is 3. The molecule has 0 atom stereocenters. The summed E-state index contributed by atoms with van der Waals surface area (Å²) in [6.07, 6.45) is 3.76. The maximum Gasteiger partial charge on any atom is 0.336 e. The van der Waals surface area contributed by atoms with Crippen LogP contribution >= 0.6 is 0 Å². The Hall–Kier alpha value is -5.78. The fourth-order valence-corrected chi connectivity index (χ4v) is 3.87. The predicted octanol–water partition coefficient (Wildman–Crippen LogP) is 4.29. The molecule has 0 aliphatic carbocycles. The van der Waals surface area contributed by atoms with Gasteiger partial charge in [-0.15, -0.1) is 0 Å². The van der Waals surface area contributed by atoms with E-state index in [-0.39, 0.29) is 40.8 Å². The molecule has 3 aromatic carbocycles. The SMILES string of the molecule is CCOc1cc(/C=C2\C(=O)NC(=O)N(c3ccccc3OC)C2=O)ccc1OC(=O)/C=C/c1cccc([N+](=O)[O-])c1. The van der Waals surface area contributed by atoms with Crippen LogP contribution in [0.1, 0.15) is 18.1 Å². The number of nitro benzene ring substituents is 1. The summed E-state index contributed by atoms with van der Waals surface area (Å²) in [5, 5.41) is 13.1. The van der Waals surface area contributed by atoms with Crippen LogP contribution in [0, 0.1) is 10.1 Å². The Labute approximate surface area is 233 Å². The largest absolute Gasteiger partial charge is 0.495 e. The van der Waals surface area contributed by atoms with Crippen LogP contribution in [0.2, 0.25) is 0 Å². The van der Waals surface area contributed by atoms with Gasteiger partial charge in [0, 0.05) is 18.2 Å². The van der Waals surface area contributed by atoms with Crippen LogP contribution in [-0.4, -0.2) is 42.5 Å². The number of anilines is 1. The molecule has 0 spiro atoms. The van der Waals surface area contributed by atoms with Crippen LogP contribution in [-0.2, 0) is 14.4 Å². The van der Waals surface area contributed by atoms with Crippen molar-refractivity contribution in [3.8, 4) is 17.2 Å². The molecule has 0 bridgehead atoms. The molecule has 3 aromatic rings. The molecule has 0 aromatic heterocycles. The topological polar surface area (TPSA) is 154 Å². The van der Waals surface area contributed by atoms with Gasteiger partial charge in [0.25, 0.3) is 17.5 Å². The standard InChI is InChI=1S/C29H23N3O9/c1-3-40-25-17-19(11-13-24(25)41-26(33)14-12-18-7-6-8-20(15-18)32(37)38)16-21-27(34)30-29(36)31(28(21)35)22-9-4-5-10-23(22)39-2/h4-17H,3H2,1-2H3,(H,30,34,36)/b14-12+,21-16+. The highest BCUT2D eigenvalue weighted by Gasteiger charge is 2.38. The van der Waals surface area contributed by atoms with Gasteiger partial charge in [0.15, 0.2) is 11.5 Å². The summed E-state index contributed by atoms with van der Waals surface area (Å²) in [6, 6.07) is 15.6. The second kappa shape index (κ2) is 12.4. The van der Waals surface area contributed by atoms with Crippen molar-refractivity contribution in [3.05, 3.63) is 99.6 Å². The maximum absolute atomic E-state index is 13.3. The summed E-state index contributed by atoms with van der Waals surface area (Å²) in [7, 11) is 1.39. The van der Waals surface area contributed by atoms with Crippen molar-refractivity contribution in [1.82, 2.24) is 5.32 Å². The fourth-order valence-electron chi connectivity index (χ4n) is 3.87. The maximum atomic E-state index is 13.3. The quantitative estimate of drug-likeness (QED) is 0.101. The molecular formula is C29H23N3O9. The molecule has 1 aliphatic rings. The molecule has 1 saturated heterocycles. The van der Waals surface area contributed by atoms with E-state index in [1.807, 2.05) is 0 Å². The van der Waals surface area contributed by atoms with Gasteiger partial charge in [0.2, 0.25) is 0 Å². The van der Waals surface area contributed by atoms with Gasteiger partial charge in [-0.05, 0) is 54.5 Å². The zero-order valence-corrected chi connectivity index (χ0v) is 21.9. The zero-order valence-electron chi connectivity index (χ0n) is 21.9. The fraction of sp³-hybridized carbons (Fsp3) is 0.103. The number of carbonyl (C=O) groups excluding carboxylic acids is 4. The van der Waals surface area contributed by atoms with Crippen molar-refractivity contribution >= 4 is 47.3 Å². The number of non-ortho nitro benzene ring substituents is 1. The number of nitrogens with one attached hydrogen (secondary N) is 1. The van der Waals surface area contributed by atoms with Gasteiger partial charge in [0.05, 0.1) is 24.3 Å². The van der Waals surface area contributed by atoms with Gasteiger partial charge in [-0.3, -0.25) is 25.0 Å². The number of imide groups is 2. The van der Waals surface area contributed by atoms with Crippen LogP contribution in [0.3, 0.4) is 0 Å². The molecule has 12 heteroatoms. The van der Waals surface area contributed by atoms with Gasteiger partial charge in [-0.25, -0.2) is 14.5 Å². The summed E-state index contributed by atoms with van der Waals surface area (Å²) >= 11 is 0. The molecule has 0 unspecified atom stereocenters. The Kier molecular flexibility index (Phi) is 8.53. The molecule has 1 N–H and O–H groups in total. The van der Waals surface area contributed by atoms with E-state index in [0.29, 0.717) is 11.1 Å². The van der Waals surface area contributed by atoms with E-state index in [1.54, 1.807) is 31.2 Å². The number of nitro groups is 1. The number of hydrogen-bond acceptors (Lipinski definition) is 9. The lowest BCUT2D eigenvalue weighted by molar-refractivity contribution is -0.384. The van der Waals surface area contributed by atoms with Crippen molar-refractivity contribution in [2.75, 3.05) is 18.6 Å². The average molecular weight is 558 g/mol. The van der Waals surface area contributed by atoms with E-state index >= 15 is 0 Å². The third kappa shape index (κ3) is 6.45. The summed E-state index contributed by atoms with van der Waals surface area (Å²) in [4.78, 5) is 62.1. The lowest BCUT2D eigenvalue weighted by Crippen LogP contribution is -2.54. The lowest BCUT2D eigenvalue weighted by atomic mass is 10.1. The number of hydrogen-bond donors (Lipinski definition) is 1. The number of para-hydroxylation sites is 2. The first kappa shape index (κ1) is 28.2. The number of ether oxygens (including phenoxy) is 3. The predicted molar refractivity (Wildman–Crippen MR) is 147 cm³/mol. The van der Waals surface area contributed by atoms with E-state index in [0.717, 1.165) is 11.0 Å². The van der Waals surface area contributed by atoms with E-state index in [1.165, 1.54) is 61.7 Å². The third-order valence-electron chi connectivity index (χ3n) is 5.71. The first-order chi connectivity index (χ1) is 19.7. The average Bonchev–Trinajstić information content (AvgIpc) is 2.96. The van der Waals surface area contributed by atoms with Gasteiger partial charge in [-0.2, -0.15) is 0 Å². The molecular weight excluding hydrogens is 534 g/mol. The minimum atomic E-state index is -0.919. The molecule has 4 rings (SSSR count). The Morgan fingerprint density at radius 2 is 1.76 bits per heavy atom. The molecule has 41 heavy (non-hydrogen) atoms. The summed E-state index contributed by atoms with van der Waals surface area (Å²) in [5.41, 5.74) is 0.505. The van der Waals surface area contributed by atoms with E-state index in [9.17, 15) is 29.3 Å². The lowest BCUT2D eigenvalue weighted by Gasteiger charge is -2.27. The first-order valence-electron chi connectivity index (χ1n) is 12.2. The second-order valence-corrected chi connectivity index (χ2v) is 8.38. The number of esters is 1. The highest BCUT2D eigenvalue weighted by molar-refractivity contribution is 6.39. The number of urea groups is 1. The molecule has 0 radical (unpaired) electrons. The molecule has 1 aliphatic heterocycles. The van der Waals surface area contributed by atoms with E-state index in [4.69, 9.17) is 14.2 Å². The van der Waals surface area contributed by atoms with Crippen LogP contribution in [0.4, 0.5) is 16.2 Å². The van der Waals surface area contributed by atoms with Crippen LogP contribution in [0.25, 0.3) is 12.2 Å². The van der Waals surface area contributed by atoms with Gasteiger partial charge < -0.3 is 14.2 Å². The minimum Gasteiger partial charge on any atom is -0.495 e. The number of amides is 4. The Balaban J connectivity index is 1.58. The molecule has 208 valence electrons. The summed E-state index contributed by atoms with van der Waals surface area (Å²) in [6.45, 7) is 1.93. The van der Waals surface area contributed by atoms with Gasteiger partial charge in [0.1, 0.15) is 11.3 Å². The van der Waals surface area contributed by atoms with Gasteiger partial charge in [-0.1, -0.05) is 30.3 Å².